The topological polar surface area (TPSA) is 101 Å². The maximum absolute atomic E-state index is 10.5. The molecule has 0 unspecified atom stereocenters. The fraction of sp³-hybridized carbons (Fsp3) is 0.462. The summed E-state index contributed by atoms with van der Waals surface area (Å²) in [5, 5.41) is 16.1. The highest BCUT2D eigenvalue weighted by molar-refractivity contribution is 5.81. The van der Waals surface area contributed by atoms with Gasteiger partial charge in [-0.15, -0.1) is 0 Å². The Morgan fingerprint density at radius 2 is 1.79 bits per heavy atom. The molecule has 0 aromatic carbocycles. The van der Waals surface area contributed by atoms with Gasteiger partial charge in [0.1, 0.15) is 0 Å². The Hall–Kier alpha value is -2.11. The van der Waals surface area contributed by atoms with E-state index in [1.54, 1.807) is 6.92 Å². The number of unbranched alkanes of at least 4 members (excludes halogenated alkanes) is 2. The van der Waals surface area contributed by atoms with Crippen molar-refractivity contribution in [2.24, 2.45) is 0 Å². The smallest absolute Gasteiger partial charge is 0.330 e. The van der Waals surface area contributed by atoms with Crippen molar-refractivity contribution in [1.82, 2.24) is 0 Å². The Morgan fingerprint density at radius 1 is 1.16 bits per heavy atom. The molecule has 0 fully saturated rings. The minimum Gasteiger partial charge on any atom is -0.481 e. The van der Waals surface area contributed by atoms with E-state index < -0.39 is 17.9 Å². The zero-order valence-electron chi connectivity index (χ0n) is 11.0. The third-order valence-electron chi connectivity index (χ3n) is 1.76. The van der Waals surface area contributed by atoms with Gasteiger partial charge in [-0.3, -0.25) is 4.79 Å². The maximum Gasteiger partial charge on any atom is 0.330 e. The average Bonchev–Trinajstić information content (AvgIpc) is 2.33. The normalized spacial score (nSPS) is 9.32. The van der Waals surface area contributed by atoms with Gasteiger partial charge in [-0.1, -0.05) is 12.7 Å². The summed E-state index contributed by atoms with van der Waals surface area (Å²) in [6.07, 6.45) is 5.93. The van der Waals surface area contributed by atoms with Crippen molar-refractivity contribution in [3.05, 3.63) is 24.8 Å². The van der Waals surface area contributed by atoms with E-state index in [1.165, 1.54) is 6.08 Å². The number of carbonyl (C=O) groups is 3. The minimum atomic E-state index is -0.891. The molecule has 0 aliphatic carbocycles. The van der Waals surface area contributed by atoms with Crippen LogP contribution in [0.4, 0.5) is 0 Å². The number of hydrogen-bond donors (Lipinski definition) is 2. The van der Waals surface area contributed by atoms with E-state index in [4.69, 9.17) is 14.9 Å². The number of ether oxygens (including phenoxy) is 1. The number of carboxylic acids is 2. The van der Waals surface area contributed by atoms with E-state index >= 15 is 0 Å². The molecule has 0 rings (SSSR count). The van der Waals surface area contributed by atoms with Gasteiger partial charge in [-0.2, -0.15) is 0 Å². The highest BCUT2D eigenvalue weighted by Gasteiger charge is 1.97. The second-order valence-electron chi connectivity index (χ2n) is 3.41. The van der Waals surface area contributed by atoms with Crippen LogP contribution in [0.25, 0.3) is 0 Å². The molecular weight excluding hydrogens is 252 g/mol. The Balaban J connectivity index is 0. The molecule has 0 aromatic rings. The van der Waals surface area contributed by atoms with E-state index in [0.29, 0.717) is 19.4 Å². The van der Waals surface area contributed by atoms with Crippen molar-refractivity contribution in [1.29, 1.82) is 0 Å². The molecule has 0 atom stereocenters. The van der Waals surface area contributed by atoms with Crippen molar-refractivity contribution in [2.75, 3.05) is 6.61 Å². The lowest BCUT2D eigenvalue weighted by atomic mass is 10.2. The monoisotopic (exact) mass is 272 g/mol. The zero-order valence-corrected chi connectivity index (χ0v) is 11.0. The maximum atomic E-state index is 10.5. The van der Waals surface area contributed by atoms with Gasteiger partial charge in [0.25, 0.3) is 0 Å². The number of esters is 1. The molecule has 0 amide bonds. The van der Waals surface area contributed by atoms with Gasteiger partial charge in [0, 0.05) is 18.6 Å². The van der Waals surface area contributed by atoms with Gasteiger partial charge in [0.15, 0.2) is 0 Å². The van der Waals surface area contributed by atoms with Crippen LogP contribution in [0.5, 0.6) is 0 Å². The summed E-state index contributed by atoms with van der Waals surface area (Å²) < 4.78 is 4.69. The second kappa shape index (κ2) is 14.0. The largest absolute Gasteiger partial charge is 0.481 e. The molecule has 108 valence electrons. The Morgan fingerprint density at radius 3 is 2.16 bits per heavy atom. The van der Waals surface area contributed by atoms with Crippen LogP contribution in [0, 0.1) is 0 Å². The molecule has 6 heteroatoms. The van der Waals surface area contributed by atoms with Crippen molar-refractivity contribution in [3.63, 3.8) is 0 Å². The highest BCUT2D eigenvalue weighted by Crippen LogP contribution is 2.00. The quantitative estimate of drug-likeness (QED) is 0.398. The number of carbonyl (C=O) groups excluding carboxylic acids is 1. The van der Waals surface area contributed by atoms with Crippen LogP contribution in [0.3, 0.4) is 0 Å². The fourth-order valence-electron chi connectivity index (χ4n) is 0.929. The van der Waals surface area contributed by atoms with Gasteiger partial charge >= 0.3 is 17.9 Å². The minimum absolute atomic E-state index is 0.176. The van der Waals surface area contributed by atoms with E-state index in [9.17, 15) is 14.4 Å². The molecule has 0 saturated heterocycles. The van der Waals surface area contributed by atoms with E-state index in [2.05, 4.69) is 6.58 Å². The first-order chi connectivity index (χ1) is 8.93. The number of carboxylic acid groups (broad SMARTS) is 2. The molecule has 0 spiro atoms. The number of hydrogen-bond acceptors (Lipinski definition) is 4. The molecule has 0 aliphatic rings. The molecule has 0 heterocycles. The molecular formula is C13H20O6. The summed E-state index contributed by atoms with van der Waals surface area (Å²) in [6.45, 7) is 5.25. The molecule has 2 N–H and O–H groups in total. The Labute approximate surface area is 112 Å². The predicted molar refractivity (Wildman–Crippen MR) is 69.7 cm³/mol. The lowest BCUT2D eigenvalue weighted by molar-refractivity contribution is -0.139. The van der Waals surface area contributed by atoms with Crippen LogP contribution in [0.15, 0.2) is 24.8 Å². The predicted octanol–water partition coefficient (Wildman–Crippen LogP) is 2.01. The van der Waals surface area contributed by atoms with Gasteiger partial charge in [0.2, 0.25) is 0 Å². The van der Waals surface area contributed by atoms with Crippen molar-refractivity contribution in [2.45, 2.75) is 32.6 Å². The molecule has 0 radical (unpaired) electrons. The second-order valence-corrected chi connectivity index (χ2v) is 3.41. The average molecular weight is 272 g/mol. The number of rotatable bonds is 8. The Kier molecular flexibility index (Phi) is 14.1. The third-order valence-corrected chi connectivity index (χ3v) is 1.76. The lowest BCUT2D eigenvalue weighted by Crippen LogP contribution is -2.02. The van der Waals surface area contributed by atoms with Crippen LogP contribution in [0.1, 0.15) is 32.6 Å². The first-order valence-corrected chi connectivity index (χ1v) is 5.80. The van der Waals surface area contributed by atoms with Crippen molar-refractivity contribution >= 4 is 17.9 Å². The highest BCUT2D eigenvalue weighted by atomic mass is 16.5. The molecule has 6 nitrogen and oxygen atoms in total. The number of allylic oxidation sites excluding steroid dienone is 1. The molecule has 0 saturated carbocycles. The van der Waals surface area contributed by atoms with Crippen LogP contribution >= 0.6 is 0 Å². The van der Waals surface area contributed by atoms with E-state index in [-0.39, 0.29) is 6.42 Å². The fourth-order valence-corrected chi connectivity index (χ4v) is 0.929. The summed E-state index contributed by atoms with van der Waals surface area (Å²) in [6, 6.07) is 0. The van der Waals surface area contributed by atoms with Gasteiger partial charge in [-0.05, 0) is 26.2 Å². The first-order valence-electron chi connectivity index (χ1n) is 5.80. The molecule has 0 aliphatic heterocycles. The summed E-state index contributed by atoms with van der Waals surface area (Å²) in [7, 11) is 0. The standard InChI is InChI=1S/C9H14O4.C4H6O2/c1-2-9(12)13-7-5-3-4-6-8(10)11;1-2-3-4(5)6/h2H,1,3-7H2,(H,10,11);2-3H,1H3,(H,5,6). The summed E-state index contributed by atoms with van der Waals surface area (Å²) in [4.78, 5) is 30.1. The zero-order chi connectivity index (χ0) is 15.1. The van der Waals surface area contributed by atoms with Crippen molar-refractivity contribution < 1.29 is 29.3 Å². The van der Waals surface area contributed by atoms with Crippen molar-refractivity contribution in [3.8, 4) is 0 Å². The van der Waals surface area contributed by atoms with Crippen LogP contribution in [-0.4, -0.2) is 34.7 Å². The Bertz CT molecular complexity index is 319. The van der Waals surface area contributed by atoms with Crippen LogP contribution in [0.2, 0.25) is 0 Å². The van der Waals surface area contributed by atoms with Crippen LogP contribution in [-0.2, 0) is 19.1 Å². The summed E-state index contributed by atoms with van der Waals surface area (Å²) in [5.41, 5.74) is 0. The third kappa shape index (κ3) is 21.7. The molecule has 0 bridgehead atoms. The summed E-state index contributed by atoms with van der Waals surface area (Å²) in [5.74, 6) is -2.11. The molecule has 19 heavy (non-hydrogen) atoms. The van der Waals surface area contributed by atoms with Gasteiger partial charge in [0.05, 0.1) is 6.61 Å². The van der Waals surface area contributed by atoms with Crippen LogP contribution < -0.4 is 0 Å². The molecule has 0 aromatic heterocycles. The summed E-state index contributed by atoms with van der Waals surface area (Å²) >= 11 is 0. The first kappa shape index (κ1) is 19.2. The van der Waals surface area contributed by atoms with Gasteiger partial charge < -0.3 is 14.9 Å². The SMILES string of the molecule is C=CC(=O)OCCCCCC(=O)O.CC=CC(=O)O. The lowest BCUT2D eigenvalue weighted by Gasteiger charge is -2.00. The van der Waals surface area contributed by atoms with E-state index in [0.717, 1.165) is 18.6 Å². The van der Waals surface area contributed by atoms with E-state index in [1.807, 2.05) is 0 Å². The number of aliphatic carboxylic acids is 2. The van der Waals surface area contributed by atoms with Gasteiger partial charge in [-0.25, -0.2) is 9.59 Å².